The lowest BCUT2D eigenvalue weighted by Gasteiger charge is -2.41. The number of nitrogens with zero attached hydrogens (tertiary/aromatic N) is 2. The van der Waals surface area contributed by atoms with E-state index in [-0.39, 0.29) is 5.91 Å². The van der Waals surface area contributed by atoms with Crippen molar-refractivity contribution in [3.05, 3.63) is 30.3 Å². The summed E-state index contributed by atoms with van der Waals surface area (Å²) in [6, 6.07) is 11.6. The number of fused-ring (bicyclic) bond motifs is 1. The van der Waals surface area contributed by atoms with Crippen LogP contribution in [0.2, 0.25) is 0 Å². The Morgan fingerprint density at radius 2 is 1.84 bits per heavy atom. The quantitative estimate of drug-likeness (QED) is 0.814. The highest BCUT2D eigenvalue weighted by Crippen LogP contribution is 2.35. The first kappa shape index (κ1) is 12.7. The minimum absolute atomic E-state index is 0.290. The Morgan fingerprint density at radius 1 is 1.11 bits per heavy atom. The Kier molecular flexibility index (Phi) is 3.31. The van der Waals surface area contributed by atoms with Gasteiger partial charge in [-0.2, -0.15) is 0 Å². The highest BCUT2D eigenvalue weighted by molar-refractivity contribution is 5.95. The number of carbonyl (C=O) groups is 1. The molecule has 0 spiro atoms. The predicted octanol–water partition coefficient (Wildman–Crippen LogP) is 2.66. The normalized spacial score (nSPS) is 27.9. The van der Waals surface area contributed by atoms with E-state index in [1.165, 1.54) is 0 Å². The van der Waals surface area contributed by atoms with Crippen molar-refractivity contribution in [1.29, 1.82) is 0 Å². The number of amides is 1. The maximum Gasteiger partial charge on any atom is 0.227 e. The lowest BCUT2D eigenvalue weighted by atomic mass is 9.95. The molecule has 19 heavy (non-hydrogen) atoms. The van der Waals surface area contributed by atoms with E-state index in [0.717, 1.165) is 25.1 Å². The number of carbonyl (C=O) groups excluding carboxylic acids is 1. The van der Waals surface area contributed by atoms with E-state index in [9.17, 15) is 4.79 Å². The summed E-state index contributed by atoms with van der Waals surface area (Å²) in [5, 5.41) is 0. The maximum atomic E-state index is 12.3. The number of hydrogen-bond donors (Lipinski definition) is 0. The zero-order chi connectivity index (χ0) is 13.4. The molecule has 3 nitrogen and oxygen atoms in total. The Hall–Kier alpha value is -1.35. The molecule has 0 saturated carbocycles. The summed E-state index contributed by atoms with van der Waals surface area (Å²) in [5.74, 6) is 0.290. The van der Waals surface area contributed by atoms with Gasteiger partial charge < -0.3 is 4.90 Å². The first-order valence-corrected chi connectivity index (χ1v) is 7.31. The lowest BCUT2D eigenvalue weighted by molar-refractivity contribution is -0.121. The Balaban J connectivity index is 1.90. The molecule has 0 unspecified atom stereocenters. The first-order chi connectivity index (χ1) is 9.18. The van der Waals surface area contributed by atoms with Crippen molar-refractivity contribution in [1.82, 2.24) is 4.90 Å². The number of rotatable bonds is 2. The van der Waals surface area contributed by atoms with E-state index in [2.05, 4.69) is 35.8 Å². The van der Waals surface area contributed by atoms with Gasteiger partial charge >= 0.3 is 0 Å². The molecule has 2 aliphatic rings. The third-order valence-corrected chi connectivity index (χ3v) is 4.51. The minimum atomic E-state index is 0.290. The zero-order valence-electron chi connectivity index (χ0n) is 11.7. The van der Waals surface area contributed by atoms with Crippen molar-refractivity contribution in [2.45, 2.75) is 51.2 Å². The van der Waals surface area contributed by atoms with Crippen LogP contribution < -0.4 is 4.90 Å². The van der Waals surface area contributed by atoms with Crippen molar-refractivity contribution in [2.24, 2.45) is 0 Å². The van der Waals surface area contributed by atoms with Crippen LogP contribution in [0.4, 0.5) is 5.69 Å². The predicted molar refractivity (Wildman–Crippen MR) is 77.2 cm³/mol. The van der Waals surface area contributed by atoms with Gasteiger partial charge in [-0.15, -0.1) is 0 Å². The summed E-state index contributed by atoms with van der Waals surface area (Å²) in [7, 11) is 0. The molecule has 2 heterocycles. The zero-order valence-corrected chi connectivity index (χ0v) is 11.7. The fourth-order valence-electron chi connectivity index (χ4n) is 3.66. The van der Waals surface area contributed by atoms with E-state index >= 15 is 0 Å². The van der Waals surface area contributed by atoms with Crippen LogP contribution in [-0.2, 0) is 4.79 Å². The fourth-order valence-corrected chi connectivity index (χ4v) is 3.66. The molecule has 3 heteroatoms. The molecule has 2 aliphatic heterocycles. The average Bonchev–Trinajstić information content (AvgIpc) is 2.83. The van der Waals surface area contributed by atoms with Gasteiger partial charge in [0.25, 0.3) is 0 Å². The largest absolute Gasteiger partial charge is 0.308 e. The van der Waals surface area contributed by atoms with Gasteiger partial charge in [-0.05, 0) is 38.8 Å². The Morgan fingerprint density at radius 3 is 2.53 bits per heavy atom. The number of benzene rings is 1. The molecule has 1 amide bonds. The highest BCUT2D eigenvalue weighted by atomic mass is 16.2. The van der Waals surface area contributed by atoms with Crippen molar-refractivity contribution < 1.29 is 4.79 Å². The summed E-state index contributed by atoms with van der Waals surface area (Å²) in [5.41, 5.74) is 1.06. The van der Waals surface area contributed by atoms with Gasteiger partial charge in [0.1, 0.15) is 0 Å². The summed E-state index contributed by atoms with van der Waals surface area (Å²) in [6.45, 7) is 5.63. The Labute approximate surface area is 115 Å². The van der Waals surface area contributed by atoms with E-state index in [0.29, 0.717) is 24.5 Å². The second-order valence-electron chi connectivity index (χ2n) is 5.89. The third kappa shape index (κ3) is 2.16. The van der Waals surface area contributed by atoms with Crippen LogP contribution in [0.1, 0.15) is 33.1 Å². The average molecular weight is 258 g/mol. The standard InChI is InChI=1S/C16H22N2O/c1-12(2)17-11-10-15-14(17)8-9-16(19)18(15)13-6-4-3-5-7-13/h3-7,12,14-15H,8-11H2,1-2H3/t14-,15-/m1/s1. The van der Waals surface area contributed by atoms with E-state index in [1.54, 1.807) is 0 Å². The van der Waals surface area contributed by atoms with Crippen LogP contribution >= 0.6 is 0 Å². The Bertz CT molecular complexity index is 457. The summed E-state index contributed by atoms with van der Waals surface area (Å²) in [4.78, 5) is 16.9. The summed E-state index contributed by atoms with van der Waals surface area (Å²) < 4.78 is 0. The minimum Gasteiger partial charge on any atom is -0.308 e. The monoisotopic (exact) mass is 258 g/mol. The number of anilines is 1. The molecule has 2 atom stereocenters. The van der Waals surface area contributed by atoms with Gasteiger partial charge in [0.05, 0.1) is 6.04 Å². The van der Waals surface area contributed by atoms with Crippen LogP contribution in [-0.4, -0.2) is 35.5 Å². The molecule has 0 bridgehead atoms. The van der Waals surface area contributed by atoms with Gasteiger partial charge in [-0.3, -0.25) is 9.69 Å². The van der Waals surface area contributed by atoms with Gasteiger partial charge in [-0.1, -0.05) is 18.2 Å². The molecule has 2 fully saturated rings. The molecule has 0 radical (unpaired) electrons. The molecule has 2 saturated heterocycles. The highest BCUT2D eigenvalue weighted by Gasteiger charge is 2.44. The number of hydrogen-bond acceptors (Lipinski definition) is 2. The van der Waals surface area contributed by atoms with Crippen molar-refractivity contribution in [3.63, 3.8) is 0 Å². The molecule has 0 aromatic heterocycles. The molecule has 1 aromatic rings. The van der Waals surface area contributed by atoms with E-state index in [4.69, 9.17) is 0 Å². The smallest absolute Gasteiger partial charge is 0.227 e. The van der Waals surface area contributed by atoms with Gasteiger partial charge in [0.15, 0.2) is 0 Å². The van der Waals surface area contributed by atoms with Crippen molar-refractivity contribution >= 4 is 11.6 Å². The number of piperidine rings is 1. The van der Waals surface area contributed by atoms with Crippen molar-refractivity contribution in [2.75, 3.05) is 11.4 Å². The molecular formula is C16H22N2O. The maximum absolute atomic E-state index is 12.3. The molecule has 1 aromatic carbocycles. The lowest BCUT2D eigenvalue weighted by Crippen LogP contribution is -2.53. The van der Waals surface area contributed by atoms with E-state index in [1.807, 2.05) is 18.2 Å². The second kappa shape index (κ2) is 4.97. The van der Waals surface area contributed by atoms with E-state index < -0.39 is 0 Å². The number of para-hydroxylation sites is 1. The topological polar surface area (TPSA) is 23.6 Å². The molecule has 3 rings (SSSR count). The van der Waals surface area contributed by atoms with Gasteiger partial charge in [-0.25, -0.2) is 0 Å². The third-order valence-electron chi connectivity index (χ3n) is 4.51. The van der Waals surface area contributed by atoms with Crippen molar-refractivity contribution in [3.8, 4) is 0 Å². The van der Waals surface area contributed by atoms with Gasteiger partial charge in [0, 0.05) is 30.7 Å². The van der Waals surface area contributed by atoms with Crippen LogP contribution in [0.25, 0.3) is 0 Å². The van der Waals surface area contributed by atoms with Crippen LogP contribution in [0.15, 0.2) is 30.3 Å². The van der Waals surface area contributed by atoms with Crippen LogP contribution in [0, 0.1) is 0 Å². The summed E-state index contributed by atoms with van der Waals surface area (Å²) >= 11 is 0. The fraction of sp³-hybridized carbons (Fsp3) is 0.562. The van der Waals surface area contributed by atoms with Crippen LogP contribution in [0.5, 0.6) is 0 Å². The molecule has 0 N–H and O–H groups in total. The molecule has 0 aliphatic carbocycles. The molecular weight excluding hydrogens is 236 g/mol. The number of likely N-dealkylation sites (tertiary alicyclic amines) is 1. The van der Waals surface area contributed by atoms with Gasteiger partial charge in [0.2, 0.25) is 5.91 Å². The molecule has 102 valence electrons. The summed E-state index contributed by atoms with van der Waals surface area (Å²) in [6.07, 6.45) is 2.80. The van der Waals surface area contributed by atoms with Crippen LogP contribution in [0.3, 0.4) is 0 Å². The first-order valence-electron chi connectivity index (χ1n) is 7.31. The second-order valence-corrected chi connectivity index (χ2v) is 5.89. The SMILES string of the molecule is CC(C)N1CC[C@@H]2[C@H]1CCC(=O)N2c1ccccc1.